The fourth-order valence-corrected chi connectivity index (χ4v) is 4.22. The van der Waals surface area contributed by atoms with Crippen molar-refractivity contribution < 1.29 is 0 Å². The van der Waals surface area contributed by atoms with Crippen LogP contribution >= 0.6 is 0 Å². The van der Waals surface area contributed by atoms with Crippen molar-refractivity contribution >= 4 is 16.9 Å². The molecule has 1 fully saturated rings. The Labute approximate surface area is 161 Å². The van der Waals surface area contributed by atoms with Gasteiger partial charge in [0, 0.05) is 38.3 Å². The summed E-state index contributed by atoms with van der Waals surface area (Å²) in [6, 6.07) is 3.46. The average molecular weight is 378 g/mol. The van der Waals surface area contributed by atoms with Gasteiger partial charge in [0.1, 0.15) is 0 Å². The fourth-order valence-electron chi connectivity index (χ4n) is 4.22. The normalized spacial score (nSPS) is 16.8. The second kappa shape index (κ2) is 6.54. The van der Waals surface area contributed by atoms with E-state index < -0.39 is 0 Å². The number of nitrogens with zero attached hydrogens (tertiary/aromatic N) is 6. The summed E-state index contributed by atoms with van der Waals surface area (Å²) in [6.45, 7) is 2.10. The molecule has 3 aromatic heterocycles. The van der Waals surface area contributed by atoms with Crippen LogP contribution in [-0.2, 0) is 26.4 Å². The van der Waals surface area contributed by atoms with E-state index in [1.807, 2.05) is 0 Å². The van der Waals surface area contributed by atoms with Gasteiger partial charge < -0.3 is 4.90 Å². The summed E-state index contributed by atoms with van der Waals surface area (Å²) in [5, 5.41) is 5.18. The van der Waals surface area contributed by atoms with E-state index >= 15 is 0 Å². The third-order valence-corrected chi connectivity index (χ3v) is 5.80. The molecule has 1 saturated heterocycles. The maximum atomic E-state index is 12.6. The molecular formula is C20H22N6O2. The van der Waals surface area contributed by atoms with E-state index in [0.29, 0.717) is 29.3 Å². The highest BCUT2D eigenvalue weighted by Gasteiger charge is 2.31. The molecule has 0 N–H and O–H groups in total. The number of aryl methyl sites for hydroxylation is 2. The van der Waals surface area contributed by atoms with Gasteiger partial charge >= 0.3 is 0 Å². The summed E-state index contributed by atoms with van der Waals surface area (Å²) in [5.74, 6) is 0.959. The van der Waals surface area contributed by atoms with Crippen molar-refractivity contribution in [2.75, 3.05) is 18.0 Å². The first kappa shape index (κ1) is 17.1. The summed E-state index contributed by atoms with van der Waals surface area (Å²) in [4.78, 5) is 35.7. The van der Waals surface area contributed by atoms with Crippen molar-refractivity contribution in [3.63, 3.8) is 0 Å². The van der Waals surface area contributed by atoms with Crippen LogP contribution in [0.3, 0.4) is 0 Å². The van der Waals surface area contributed by atoms with Crippen LogP contribution in [0.4, 0.5) is 5.95 Å². The Bertz CT molecular complexity index is 1180. The maximum Gasteiger partial charge on any atom is 0.267 e. The third kappa shape index (κ3) is 2.80. The van der Waals surface area contributed by atoms with Gasteiger partial charge in [0.25, 0.3) is 11.1 Å². The van der Waals surface area contributed by atoms with Gasteiger partial charge in [-0.05, 0) is 37.3 Å². The largest absolute Gasteiger partial charge is 0.341 e. The zero-order valence-electron chi connectivity index (χ0n) is 15.8. The molecule has 1 aliphatic carbocycles. The molecule has 144 valence electrons. The van der Waals surface area contributed by atoms with Crippen molar-refractivity contribution in [1.82, 2.24) is 24.3 Å². The molecule has 0 atom stereocenters. The molecule has 0 aromatic carbocycles. The lowest BCUT2D eigenvalue weighted by molar-refractivity contribution is 0.325. The molecule has 0 radical (unpaired) electrons. The van der Waals surface area contributed by atoms with E-state index in [2.05, 4.69) is 20.0 Å². The van der Waals surface area contributed by atoms with Gasteiger partial charge in [0.2, 0.25) is 5.95 Å². The monoisotopic (exact) mass is 378 g/mol. The predicted molar refractivity (Wildman–Crippen MR) is 106 cm³/mol. The van der Waals surface area contributed by atoms with Crippen LogP contribution in [0, 0.1) is 5.92 Å². The summed E-state index contributed by atoms with van der Waals surface area (Å²) in [6.07, 6.45) is 7.44. The molecule has 28 heavy (non-hydrogen) atoms. The molecule has 4 heterocycles. The summed E-state index contributed by atoms with van der Waals surface area (Å²) < 4.78 is 3.20. The second-order valence-corrected chi connectivity index (χ2v) is 7.78. The number of hydrogen-bond acceptors (Lipinski definition) is 6. The molecule has 3 aromatic rings. The Hall–Kier alpha value is -3.03. The summed E-state index contributed by atoms with van der Waals surface area (Å²) in [7, 11) is 1.74. The Morgan fingerprint density at radius 3 is 2.86 bits per heavy atom. The van der Waals surface area contributed by atoms with Gasteiger partial charge in [-0.3, -0.25) is 19.1 Å². The highest BCUT2D eigenvalue weighted by Crippen LogP contribution is 2.24. The second-order valence-electron chi connectivity index (χ2n) is 7.78. The number of aromatic nitrogens is 5. The Kier molecular flexibility index (Phi) is 3.99. The maximum absolute atomic E-state index is 12.6. The van der Waals surface area contributed by atoms with Crippen LogP contribution < -0.4 is 16.0 Å². The topological polar surface area (TPSA) is 85.9 Å². The number of anilines is 1. The first-order chi connectivity index (χ1) is 13.6. The van der Waals surface area contributed by atoms with Gasteiger partial charge in [-0.1, -0.05) is 0 Å². The lowest BCUT2D eigenvalue weighted by atomic mass is 9.97. The Balaban J connectivity index is 1.35. The predicted octanol–water partition coefficient (Wildman–Crippen LogP) is 0.900. The Morgan fingerprint density at radius 1 is 1.18 bits per heavy atom. The molecule has 0 spiro atoms. The molecule has 0 bridgehead atoms. The van der Waals surface area contributed by atoms with Gasteiger partial charge in [-0.2, -0.15) is 5.10 Å². The number of hydrogen-bond donors (Lipinski definition) is 0. The molecule has 0 unspecified atom stereocenters. The smallest absolute Gasteiger partial charge is 0.267 e. The first-order valence-electron chi connectivity index (χ1n) is 9.76. The van der Waals surface area contributed by atoms with Crippen LogP contribution in [0.15, 0.2) is 34.1 Å². The van der Waals surface area contributed by atoms with E-state index in [9.17, 15) is 9.59 Å². The number of pyridine rings is 1. The lowest BCUT2D eigenvalue weighted by Gasteiger charge is -2.40. The molecule has 1 aliphatic heterocycles. The van der Waals surface area contributed by atoms with Crippen LogP contribution in [-0.4, -0.2) is 37.4 Å². The molecular weight excluding hydrogens is 356 g/mol. The zero-order valence-corrected chi connectivity index (χ0v) is 15.8. The third-order valence-electron chi connectivity index (χ3n) is 5.80. The number of fused-ring (bicyclic) bond motifs is 2. The van der Waals surface area contributed by atoms with Crippen LogP contribution in [0.25, 0.3) is 10.9 Å². The minimum absolute atomic E-state index is 0.0126. The molecule has 5 rings (SSSR count). The van der Waals surface area contributed by atoms with Crippen molar-refractivity contribution in [3.05, 3.63) is 56.5 Å². The molecule has 2 aliphatic rings. The summed E-state index contributed by atoms with van der Waals surface area (Å²) >= 11 is 0. The van der Waals surface area contributed by atoms with Gasteiger partial charge in [0.15, 0.2) is 0 Å². The lowest BCUT2D eigenvalue weighted by Crippen LogP contribution is -2.51. The van der Waals surface area contributed by atoms with E-state index in [1.54, 1.807) is 40.8 Å². The van der Waals surface area contributed by atoms with E-state index in [4.69, 9.17) is 0 Å². The fraction of sp³-hybridized carbons (Fsp3) is 0.450. The number of rotatable bonds is 3. The Morgan fingerprint density at radius 2 is 2.00 bits per heavy atom. The van der Waals surface area contributed by atoms with Gasteiger partial charge in [-0.15, -0.1) is 0 Å². The standard InChI is InChI=1S/C20H22N6O2/c1-24-19(28)15-6-7-21-9-17(15)22-20(24)25-10-13(11-25)12-26-18(27)8-14-4-2-3-5-16(14)23-26/h6-9,13H,2-5,10-12H2,1H3. The highest BCUT2D eigenvalue weighted by molar-refractivity contribution is 5.77. The van der Waals surface area contributed by atoms with Crippen LogP contribution in [0.5, 0.6) is 0 Å². The molecule has 8 nitrogen and oxygen atoms in total. The average Bonchev–Trinajstić information content (AvgIpc) is 2.68. The van der Waals surface area contributed by atoms with Gasteiger partial charge in [-0.25, -0.2) is 9.67 Å². The van der Waals surface area contributed by atoms with Crippen molar-refractivity contribution in [2.24, 2.45) is 13.0 Å². The molecule has 0 saturated carbocycles. The summed E-state index contributed by atoms with van der Waals surface area (Å²) in [5.41, 5.74) is 2.72. The van der Waals surface area contributed by atoms with E-state index in [0.717, 1.165) is 50.0 Å². The quantitative estimate of drug-likeness (QED) is 0.673. The minimum atomic E-state index is -0.0709. The SMILES string of the molecule is Cn1c(N2CC(Cn3nc4c(cc3=O)CCCC4)C2)nc2cnccc2c1=O. The van der Waals surface area contributed by atoms with Gasteiger partial charge in [0.05, 0.1) is 29.3 Å². The van der Waals surface area contributed by atoms with Crippen molar-refractivity contribution in [3.8, 4) is 0 Å². The zero-order chi connectivity index (χ0) is 19.3. The molecule has 8 heteroatoms. The van der Waals surface area contributed by atoms with Crippen molar-refractivity contribution in [2.45, 2.75) is 32.2 Å². The van der Waals surface area contributed by atoms with Crippen LogP contribution in [0.1, 0.15) is 24.1 Å². The highest BCUT2D eigenvalue weighted by atomic mass is 16.1. The van der Waals surface area contributed by atoms with E-state index in [1.165, 1.54) is 0 Å². The van der Waals surface area contributed by atoms with E-state index in [-0.39, 0.29) is 11.1 Å². The molecule has 0 amide bonds. The van der Waals surface area contributed by atoms with Crippen LogP contribution in [0.2, 0.25) is 0 Å². The first-order valence-corrected chi connectivity index (χ1v) is 9.76. The minimum Gasteiger partial charge on any atom is -0.341 e. The van der Waals surface area contributed by atoms with Crippen molar-refractivity contribution in [1.29, 1.82) is 0 Å².